The van der Waals surface area contributed by atoms with E-state index in [9.17, 15) is 4.39 Å². The Bertz CT molecular complexity index is 820. The summed E-state index contributed by atoms with van der Waals surface area (Å²) in [5.74, 6) is 7.37. The molecule has 0 bridgehead atoms. The van der Waals surface area contributed by atoms with Crippen LogP contribution in [0.5, 0.6) is 5.75 Å². The van der Waals surface area contributed by atoms with Crippen molar-refractivity contribution in [3.8, 4) is 17.1 Å². The van der Waals surface area contributed by atoms with Crippen LogP contribution in [0.4, 0.5) is 4.39 Å². The second kappa shape index (κ2) is 7.35. The molecule has 0 fully saturated rings. The van der Waals surface area contributed by atoms with Crippen LogP contribution < -0.4 is 10.6 Å². The number of ether oxygens (including phenoxy) is 1. The van der Waals surface area contributed by atoms with Crippen molar-refractivity contribution in [1.29, 1.82) is 0 Å². The van der Waals surface area contributed by atoms with Gasteiger partial charge in [0.15, 0.2) is 5.82 Å². The zero-order valence-corrected chi connectivity index (χ0v) is 14.0. The molecular weight excluding hydrogens is 327 g/mol. The van der Waals surface area contributed by atoms with Gasteiger partial charge in [-0.25, -0.2) is 9.07 Å². The normalized spacial score (nSPS) is 10.8. The number of rotatable bonds is 6. The molecule has 0 radical (unpaired) electrons. The van der Waals surface area contributed by atoms with Crippen LogP contribution in [0.3, 0.4) is 0 Å². The maximum absolute atomic E-state index is 13.8. The fourth-order valence-electron chi connectivity index (χ4n) is 2.13. The van der Waals surface area contributed by atoms with Gasteiger partial charge in [0.05, 0.1) is 12.2 Å². The van der Waals surface area contributed by atoms with Crippen molar-refractivity contribution in [3.05, 3.63) is 59.9 Å². The SMILES string of the molecule is Cc1ccc(OCCSc2nnc(-c3ccccc3F)n2N)cc1. The molecule has 2 N–H and O–H groups in total. The molecule has 0 aliphatic rings. The van der Waals surface area contributed by atoms with E-state index in [4.69, 9.17) is 10.6 Å². The maximum atomic E-state index is 13.8. The Kier molecular flexibility index (Phi) is 5.00. The van der Waals surface area contributed by atoms with Gasteiger partial charge in [-0.3, -0.25) is 0 Å². The van der Waals surface area contributed by atoms with E-state index in [1.807, 2.05) is 31.2 Å². The topological polar surface area (TPSA) is 66.0 Å². The average Bonchev–Trinajstić information content (AvgIpc) is 2.94. The van der Waals surface area contributed by atoms with Crippen molar-refractivity contribution in [1.82, 2.24) is 14.9 Å². The Hall–Kier alpha value is -2.54. The summed E-state index contributed by atoms with van der Waals surface area (Å²) in [7, 11) is 0. The standard InChI is InChI=1S/C17H17FN4OS/c1-12-6-8-13(9-7-12)23-10-11-24-17-21-20-16(22(17)19)14-4-2-3-5-15(14)18/h2-9H,10-11,19H2,1H3. The first kappa shape index (κ1) is 16.3. The largest absolute Gasteiger partial charge is 0.493 e. The van der Waals surface area contributed by atoms with E-state index in [0.717, 1.165) is 5.75 Å². The first-order valence-corrected chi connectivity index (χ1v) is 8.41. The van der Waals surface area contributed by atoms with Crippen LogP contribution >= 0.6 is 11.8 Å². The second-order valence-corrected chi connectivity index (χ2v) is 6.23. The van der Waals surface area contributed by atoms with Crippen molar-refractivity contribution >= 4 is 11.8 Å². The van der Waals surface area contributed by atoms with Crippen LogP contribution in [0.15, 0.2) is 53.7 Å². The third kappa shape index (κ3) is 3.68. The molecule has 0 unspecified atom stereocenters. The number of aryl methyl sites for hydroxylation is 1. The van der Waals surface area contributed by atoms with E-state index in [-0.39, 0.29) is 5.82 Å². The highest BCUT2D eigenvalue weighted by Crippen LogP contribution is 2.23. The molecule has 0 aliphatic heterocycles. The van der Waals surface area contributed by atoms with Gasteiger partial charge in [-0.05, 0) is 31.2 Å². The van der Waals surface area contributed by atoms with E-state index in [0.29, 0.717) is 28.9 Å². The van der Waals surface area contributed by atoms with Gasteiger partial charge >= 0.3 is 0 Å². The summed E-state index contributed by atoms with van der Waals surface area (Å²) in [5, 5.41) is 8.51. The van der Waals surface area contributed by atoms with Gasteiger partial charge in [-0.15, -0.1) is 10.2 Å². The Morgan fingerprint density at radius 2 is 1.88 bits per heavy atom. The number of hydrogen-bond donors (Lipinski definition) is 1. The smallest absolute Gasteiger partial charge is 0.210 e. The second-order valence-electron chi connectivity index (χ2n) is 5.17. The molecule has 24 heavy (non-hydrogen) atoms. The number of nitrogens with two attached hydrogens (primary N) is 1. The molecule has 3 rings (SSSR count). The van der Waals surface area contributed by atoms with E-state index in [1.54, 1.807) is 18.2 Å². The molecular formula is C17H17FN4OS. The molecule has 7 heteroatoms. The molecule has 124 valence electrons. The zero-order chi connectivity index (χ0) is 16.9. The summed E-state index contributed by atoms with van der Waals surface area (Å²) in [6, 6.07) is 14.2. The Labute approximate surface area is 143 Å². The Morgan fingerprint density at radius 1 is 1.12 bits per heavy atom. The van der Waals surface area contributed by atoms with Gasteiger partial charge in [0.1, 0.15) is 11.6 Å². The van der Waals surface area contributed by atoms with Crippen molar-refractivity contribution in [2.75, 3.05) is 18.2 Å². The molecule has 5 nitrogen and oxygen atoms in total. The Balaban J connectivity index is 1.59. The zero-order valence-electron chi connectivity index (χ0n) is 13.1. The van der Waals surface area contributed by atoms with Crippen LogP contribution in [0.25, 0.3) is 11.4 Å². The molecule has 0 spiro atoms. The number of thioether (sulfide) groups is 1. The van der Waals surface area contributed by atoms with Crippen LogP contribution in [-0.4, -0.2) is 27.2 Å². The van der Waals surface area contributed by atoms with Crippen LogP contribution in [0.1, 0.15) is 5.56 Å². The number of nitrogen functional groups attached to an aromatic ring is 1. The lowest BCUT2D eigenvalue weighted by molar-refractivity contribution is 0.344. The van der Waals surface area contributed by atoms with Gasteiger partial charge in [-0.1, -0.05) is 41.6 Å². The highest BCUT2D eigenvalue weighted by atomic mass is 32.2. The number of nitrogens with zero attached hydrogens (tertiary/aromatic N) is 3. The van der Waals surface area contributed by atoms with Gasteiger partial charge in [-0.2, -0.15) is 0 Å². The van der Waals surface area contributed by atoms with Crippen LogP contribution in [-0.2, 0) is 0 Å². The van der Waals surface area contributed by atoms with E-state index >= 15 is 0 Å². The minimum absolute atomic E-state index is 0.301. The monoisotopic (exact) mass is 344 g/mol. The number of benzene rings is 2. The summed E-state index contributed by atoms with van der Waals surface area (Å²) in [6.45, 7) is 2.54. The van der Waals surface area contributed by atoms with Crippen molar-refractivity contribution in [2.45, 2.75) is 12.1 Å². The van der Waals surface area contributed by atoms with Crippen LogP contribution in [0.2, 0.25) is 0 Å². The highest BCUT2D eigenvalue weighted by molar-refractivity contribution is 7.99. The van der Waals surface area contributed by atoms with E-state index < -0.39 is 0 Å². The number of aromatic nitrogens is 3. The fraction of sp³-hybridized carbons (Fsp3) is 0.176. The fourth-order valence-corrected chi connectivity index (χ4v) is 2.80. The van der Waals surface area contributed by atoms with Crippen molar-refractivity contribution in [2.24, 2.45) is 0 Å². The summed E-state index contributed by atoms with van der Waals surface area (Å²) in [4.78, 5) is 0. The predicted octanol–water partition coefficient (Wildman–Crippen LogP) is 3.28. The molecule has 2 aromatic carbocycles. The first-order chi connectivity index (χ1) is 11.6. The van der Waals surface area contributed by atoms with Gasteiger partial charge in [0.2, 0.25) is 5.16 Å². The molecule has 0 aliphatic carbocycles. The quantitative estimate of drug-likeness (QED) is 0.422. The lowest BCUT2D eigenvalue weighted by Gasteiger charge is -2.06. The van der Waals surface area contributed by atoms with Gasteiger partial charge < -0.3 is 10.6 Å². The third-order valence-corrected chi connectivity index (χ3v) is 4.29. The number of halogens is 1. The lowest BCUT2D eigenvalue weighted by Crippen LogP contribution is -2.12. The van der Waals surface area contributed by atoms with E-state index in [1.165, 1.54) is 28.1 Å². The summed E-state index contributed by atoms with van der Waals surface area (Å²) in [5.41, 5.74) is 1.52. The lowest BCUT2D eigenvalue weighted by atomic mass is 10.2. The Morgan fingerprint density at radius 3 is 2.62 bits per heavy atom. The van der Waals surface area contributed by atoms with Gasteiger partial charge in [0.25, 0.3) is 0 Å². The highest BCUT2D eigenvalue weighted by Gasteiger charge is 2.15. The third-order valence-electron chi connectivity index (χ3n) is 3.38. The van der Waals surface area contributed by atoms with Gasteiger partial charge in [0, 0.05) is 5.75 Å². The molecule has 0 amide bonds. The van der Waals surface area contributed by atoms with Crippen molar-refractivity contribution < 1.29 is 9.13 Å². The van der Waals surface area contributed by atoms with Crippen molar-refractivity contribution in [3.63, 3.8) is 0 Å². The number of hydrogen-bond acceptors (Lipinski definition) is 5. The first-order valence-electron chi connectivity index (χ1n) is 7.43. The summed E-state index contributed by atoms with van der Waals surface area (Å²) < 4.78 is 20.8. The molecule has 0 saturated carbocycles. The molecule has 3 aromatic rings. The molecule has 1 heterocycles. The van der Waals surface area contributed by atoms with Crippen LogP contribution in [0, 0.1) is 12.7 Å². The summed E-state index contributed by atoms with van der Waals surface area (Å²) >= 11 is 1.41. The molecule has 1 aromatic heterocycles. The summed E-state index contributed by atoms with van der Waals surface area (Å²) in [6.07, 6.45) is 0. The molecule has 0 saturated heterocycles. The molecule has 0 atom stereocenters. The van der Waals surface area contributed by atoms with E-state index in [2.05, 4.69) is 10.2 Å². The minimum atomic E-state index is -0.379. The predicted molar refractivity (Wildman–Crippen MR) is 93.0 cm³/mol. The minimum Gasteiger partial charge on any atom is -0.493 e. The maximum Gasteiger partial charge on any atom is 0.210 e. The average molecular weight is 344 g/mol.